The normalized spacial score (nSPS) is 15.4. The van der Waals surface area contributed by atoms with Crippen molar-refractivity contribution in [2.45, 2.75) is 45.7 Å². The van der Waals surface area contributed by atoms with Crippen LogP contribution in [0.1, 0.15) is 59.1 Å². The molecule has 2 amide bonds. The van der Waals surface area contributed by atoms with Gasteiger partial charge in [0.05, 0.1) is 41.6 Å². The number of hydrogen-bond acceptors (Lipinski definition) is 7. The summed E-state index contributed by atoms with van der Waals surface area (Å²) in [6.07, 6.45) is 5.34. The van der Waals surface area contributed by atoms with Crippen LogP contribution in [0.15, 0.2) is 37.3 Å². The predicted molar refractivity (Wildman–Crippen MR) is 146 cm³/mol. The van der Waals surface area contributed by atoms with E-state index in [1.54, 1.807) is 25.3 Å². The summed E-state index contributed by atoms with van der Waals surface area (Å²) >= 11 is 0. The van der Waals surface area contributed by atoms with E-state index in [0.717, 1.165) is 24.1 Å². The van der Waals surface area contributed by atoms with Crippen molar-refractivity contribution in [2.75, 3.05) is 29.0 Å². The number of alkyl halides is 2. The largest absolute Gasteiger partial charge is 0.365 e. The zero-order valence-electron chi connectivity index (χ0n) is 22.2. The van der Waals surface area contributed by atoms with Gasteiger partial charge in [0.15, 0.2) is 0 Å². The number of rotatable bonds is 10. The van der Waals surface area contributed by atoms with Gasteiger partial charge >= 0.3 is 0 Å². The maximum absolute atomic E-state index is 13.3. The summed E-state index contributed by atoms with van der Waals surface area (Å²) in [5, 5.41) is 12.6. The summed E-state index contributed by atoms with van der Waals surface area (Å²) in [6.45, 7) is 8.91. The Hall–Kier alpha value is -4.19. The SMILES string of the molecule is C=Cc1cc(C(=O)Nc2cc(NC(=O)CN3CCC[C@@H]3C)cnc2C)cnc1NCc1cnn(C)c1C(F)F. The summed E-state index contributed by atoms with van der Waals surface area (Å²) in [6, 6.07) is 3.64. The lowest BCUT2D eigenvalue weighted by Gasteiger charge is -2.20. The maximum atomic E-state index is 13.3. The first-order valence-electron chi connectivity index (χ1n) is 12.6. The van der Waals surface area contributed by atoms with Gasteiger partial charge in [0.25, 0.3) is 12.3 Å². The molecular weight excluding hydrogens is 506 g/mol. The Balaban J connectivity index is 1.42. The molecular formula is C27H32F2N8O2. The first kappa shape index (κ1) is 27.8. The van der Waals surface area contributed by atoms with Gasteiger partial charge in [-0.1, -0.05) is 12.7 Å². The summed E-state index contributed by atoms with van der Waals surface area (Å²) < 4.78 is 27.8. The van der Waals surface area contributed by atoms with Crippen LogP contribution in [-0.2, 0) is 18.4 Å². The molecule has 1 atom stereocenters. The molecule has 0 bridgehead atoms. The second-order valence-electron chi connectivity index (χ2n) is 9.52. The highest BCUT2D eigenvalue weighted by Crippen LogP contribution is 2.25. The third kappa shape index (κ3) is 6.63. The Kier molecular flexibility index (Phi) is 8.65. The van der Waals surface area contributed by atoms with E-state index in [0.29, 0.717) is 46.6 Å². The summed E-state index contributed by atoms with van der Waals surface area (Å²) in [5.41, 5.74) is 2.47. The molecule has 206 valence electrons. The number of anilines is 3. The van der Waals surface area contributed by atoms with E-state index in [9.17, 15) is 18.4 Å². The van der Waals surface area contributed by atoms with Gasteiger partial charge in [0, 0.05) is 37.0 Å². The standard InChI is InChI=1S/C27H32F2N8O2/c1-5-18-9-19(11-31-26(18)32-12-20-13-33-36(4)24(20)25(28)29)27(39)35-22-10-21(14-30-17(22)3)34-23(38)15-37-8-6-7-16(37)2/h5,9-11,13-14,16,25H,1,6-8,12,15H2,2-4H3,(H,31,32)(H,34,38)(H,35,39)/t16-/m0/s1. The number of carbonyl (C=O) groups is 2. The Morgan fingerprint density at radius 2 is 2.00 bits per heavy atom. The molecule has 0 radical (unpaired) electrons. The number of amides is 2. The zero-order valence-corrected chi connectivity index (χ0v) is 22.2. The maximum Gasteiger partial charge on any atom is 0.280 e. The minimum Gasteiger partial charge on any atom is -0.365 e. The first-order valence-corrected chi connectivity index (χ1v) is 12.6. The molecule has 0 unspecified atom stereocenters. The summed E-state index contributed by atoms with van der Waals surface area (Å²) in [5.74, 6) is -0.175. The quantitative estimate of drug-likeness (QED) is 0.351. The van der Waals surface area contributed by atoms with Crippen LogP contribution in [0.25, 0.3) is 6.08 Å². The van der Waals surface area contributed by atoms with Gasteiger partial charge in [-0.05, 0) is 45.4 Å². The lowest BCUT2D eigenvalue weighted by atomic mass is 10.1. The van der Waals surface area contributed by atoms with Gasteiger partial charge in [-0.15, -0.1) is 0 Å². The van der Waals surface area contributed by atoms with Crippen molar-refractivity contribution in [1.82, 2.24) is 24.6 Å². The number of carbonyl (C=O) groups excluding carboxylic acids is 2. The minimum absolute atomic E-state index is 0.0763. The molecule has 1 saturated heterocycles. The van der Waals surface area contributed by atoms with E-state index < -0.39 is 12.3 Å². The Bertz CT molecular complexity index is 1370. The Labute approximate surface area is 225 Å². The van der Waals surface area contributed by atoms with E-state index in [2.05, 4.69) is 49.4 Å². The second kappa shape index (κ2) is 12.1. The second-order valence-corrected chi connectivity index (χ2v) is 9.52. The molecule has 12 heteroatoms. The predicted octanol–water partition coefficient (Wildman–Crippen LogP) is 4.39. The lowest BCUT2D eigenvalue weighted by Crippen LogP contribution is -2.35. The number of nitrogens with one attached hydrogen (secondary N) is 3. The van der Waals surface area contributed by atoms with Gasteiger partial charge in [-0.3, -0.25) is 24.2 Å². The molecule has 0 spiro atoms. The van der Waals surface area contributed by atoms with E-state index in [1.807, 2.05) is 0 Å². The van der Waals surface area contributed by atoms with Crippen LogP contribution in [-0.4, -0.2) is 55.6 Å². The van der Waals surface area contributed by atoms with Gasteiger partial charge in [0.1, 0.15) is 11.5 Å². The number of aromatic nitrogens is 4. The molecule has 3 aromatic rings. The number of likely N-dealkylation sites (tertiary alicyclic amines) is 1. The van der Waals surface area contributed by atoms with Crippen molar-refractivity contribution >= 4 is 35.1 Å². The van der Waals surface area contributed by atoms with Crippen molar-refractivity contribution in [3.63, 3.8) is 0 Å². The fourth-order valence-electron chi connectivity index (χ4n) is 4.53. The first-order chi connectivity index (χ1) is 18.7. The van der Waals surface area contributed by atoms with Crippen LogP contribution in [0.5, 0.6) is 0 Å². The highest BCUT2D eigenvalue weighted by atomic mass is 19.3. The van der Waals surface area contributed by atoms with E-state index >= 15 is 0 Å². The van der Waals surface area contributed by atoms with Crippen LogP contribution in [0.2, 0.25) is 0 Å². The van der Waals surface area contributed by atoms with Crippen LogP contribution < -0.4 is 16.0 Å². The molecule has 3 N–H and O–H groups in total. The molecule has 0 aromatic carbocycles. The number of hydrogen-bond donors (Lipinski definition) is 3. The highest BCUT2D eigenvalue weighted by Gasteiger charge is 2.23. The minimum atomic E-state index is -2.66. The van der Waals surface area contributed by atoms with Crippen molar-refractivity contribution < 1.29 is 18.4 Å². The van der Waals surface area contributed by atoms with E-state index in [4.69, 9.17) is 0 Å². The average molecular weight is 539 g/mol. The van der Waals surface area contributed by atoms with Crippen LogP contribution in [0.4, 0.5) is 26.0 Å². The molecule has 0 aliphatic carbocycles. The van der Waals surface area contributed by atoms with Crippen LogP contribution in [0.3, 0.4) is 0 Å². The molecule has 1 aliphatic heterocycles. The van der Waals surface area contributed by atoms with Crippen LogP contribution in [0, 0.1) is 6.92 Å². The number of nitrogens with zero attached hydrogens (tertiary/aromatic N) is 5. The number of aryl methyl sites for hydroxylation is 2. The summed E-state index contributed by atoms with van der Waals surface area (Å²) in [7, 11) is 1.46. The summed E-state index contributed by atoms with van der Waals surface area (Å²) in [4.78, 5) is 36.3. The molecule has 1 aliphatic rings. The molecule has 10 nitrogen and oxygen atoms in total. The van der Waals surface area contributed by atoms with Gasteiger partial charge < -0.3 is 16.0 Å². The zero-order chi connectivity index (χ0) is 28.1. The van der Waals surface area contributed by atoms with Crippen molar-refractivity contribution in [3.8, 4) is 0 Å². The smallest absolute Gasteiger partial charge is 0.280 e. The van der Waals surface area contributed by atoms with Crippen LogP contribution >= 0.6 is 0 Å². The van der Waals surface area contributed by atoms with Crippen molar-refractivity contribution in [1.29, 1.82) is 0 Å². The topological polar surface area (TPSA) is 117 Å². The third-order valence-corrected chi connectivity index (χ3v) is 6.77. The Morgan fingerprint density at radius 3 is 2.69 bits per heavy atom. The number of halogens is 2. The van der Waals surface area contributed by atoms with E-state index in [1.165, 1.54) is 25.5 Å². The monoisotopic (exact) mass is 538 g/mol. The number of pyridine rings is 2. The third-order valence-electron chi connectivity index (χ3n) is 6.77. The lowest BCUT2D eigenvalue weighted by molar-refractivity contribution is -0.117. The molecule has 4 rings (SSSR count). The van der Waals surface area contributed by atoms with E-state index in [-0.39, 0.29) is 23.7 Å². The molecule has 3 aromatic heterocycles. The van der Waals surface area contributed by atoms with Gasteiger partial charge in [-0.25, -0.2) is 13.8 Å². The fourth-order valence-corrected chi connectivity index (χ4v) is 4.53. The average Bonchev–Trinajstić information content (AvgIpc) is 3.48. The molecule has 4 heterocycles. The molecule has 1 fully saturated rings. The van der Waals surface area contributed by atoms with Crippen molar-refractivity contribution in [2.24, 2.45) is 7.05 Å². The molecule has 39 heavy (non-hydrogen) atoms. The highest BCUT2D eigenvalue weighted by molar-refractivity contribution is 6.05. The molecule has 0 saturated carbocycles. The Morgan fingerprint density at radius 1 is 1.21 bits per heavy atom. The van der Waals surface area contributed by atoms with Gasteiger partial charge in [-0.2, -0.15) is 5.10 Å². The van der Waals surface area contributed by atoms with Crippen molar-refractivity contribution in [3.05, 3.63) is 65.4 Å². The fraction of sp³-hybridized carbons (Fsp3) is 0.370. The van der Waals surface area contributed by atoms with Gasteiger partial charge in [0.2, 0.25) is 5.91 Å².